The molecule has 0 spiro atoms. The fraction of sp³-hybridized carbons (Fsp3) is 0. The third kappa shape index (κ3) is 797. The van der Waals surface area contributed by atoms with E-state index in [9.17, 15) is 0 Å². The Balaban J connectivity index is -0.0000000533. The van der Waals surface area contributed by atoms with E-state index in [2.05, 4.69) is 47.2 Å². The molecular weight excluding hydrogens is 483 g/mol. The molecule has 0 fully saturated rings. The number of hydrogen-bond acceptors (Lipinski definition) is 4. The Morgan fingerprint density at radius 1 is 0.333 bits per heavy atom. The predicted octanol–water partition coefficient (Wildman–Crippen LogP) is -3.90. The van der Waals surface area contributed by atoms with E-state index in [0.717, 1.165) is 0 Å². The van der Waals surface area contributed by atoms with Crippen LogP contribution < -0.4 is 0 Å². The molecule has 0 aliphatic rings. The molecule has 0 aromatic heterocycles. The zero-order valence-electron chi connectivity index (χ0n) is 8.79. The molecule has 0 saturated carbocycles. The summed E-state index contributed by atoms with van der Waals surface area (Å²) in [6, 6.07) is 0. The van der Waals surface area contributed by atoms with Crippen LogP contribution in [-0.2, 0) is 47.2 Å². The van der Waals surface area contributed by atoms with Gasteiger partial charge in [0.1, 0.15) is 0 Å². The minimum absolute atomic E-state index is 0. The van der Waals surface area contributed by atoms with Crippen LogP contribution >= 0.6 is 26.9 Å². The summed E-state index contributed by atoms with van der Waals surface area (Å²) in [4.78, 5) is 90.7. The minimum atomic E-state index is -3.81. The van der Waals surface area contributed by atoms with Crippen LogP contribution in [0.5, 0.6) is 0 Å². The second-order valence-corrected chi connectivity index (χ2v) is 12.0. The van der Waals surface area contributed by atoms with Crippen molar-refractivity contribution in [1.82, 2.24) is 0 Å². The third-order valence-electron chi connectivity index (χ3n) is 0. The van der Waals surface area contributed by atoms with Gasteiger partial charge in [0.2, 0.25) is 0 Å². The average molecular weight is 496 g/mol. The van der Waals surface area contributed by atoms with Crippen molar-refractivity contribution in [2.75, 3.05) is 0 Å². The molecule has 0 saturated heterocycles. The molecule has 12 N–H and O–H groups in total. The van der Waals surface area contributed by atoms with Crippen molar-refractivity contribution < 1.29 is 58.7 Å². The Bertz CT molecular complexity index is 298. The second-order valence-electron chi connectivity index (χ2n) is 2.05. The Labute approximate surface area is 181 Å². The molecule has 130 valence electrons. The van der Waals surface area contributed by atoms with Gasteiger partial charge in [-0.3, -0.25) is 0 Å². The van der Waals surface area contributed by atoms with Gasteiger partial charge in [0.25, 0.3) is 0 Å². The van der Waals surface area contributed by atoms with Crippen LogP contribution in [0.3, 0.4) is 0 Å². The second kappa shape index (κ2) is 16.0. The summed E-state index contributed by atoms with van der Waals surface area (Å²) in [5.41, 5.74) is 0. The normalized spacial score (nSPS) is 11.2. The topological polar surface area (TPSA) is 243 Å². The summed E-state index contributed by atoms with van der Waals surface area (Å²) >= 11 is 14.4. The van der Waals surface area contributed by atoms with Crippen LogP contribution in [0.1, 0.15) is 0 Å². The first-order valence-electron chi connectivity index (χ1n) is 3.13. The summed E-state index contributed by atoms with van der Waals surface area (Å²) in [7, 11) is 0. The molecule has 0 bridgehead atoms. The van der Waals surface area contributed by atoms with Crippen LogP contribution in [0.15, 0.2) is 0 Å². The van der Waals surface area contributed by atoms with Crippen molar-refractivity contribution in [3.05, 3.63) is 0 Å². The summed E-state index contributed by atoms with van der Waals surface area (Å²) < 4.78 is 0. The van der Waals surface area contributed by atoms with Gasteiger partial charge < -0.3 is 58.7 Å². The number of hydrogen-bond donors (Lipinski definition) is 12. The molecular formula is H13KO12P4S4. The standard InChI is InChI=1S/K.4H3O3PS.H/c;4*1-4(2,3)5;/h;4*(H3,1,2,3,5);. The predicted molar refractivity (Wildman–Crippen MR) is 90.9 cm³/mol. The quantitative estimate of drug-likeness (QED) is 0.113. The van der Waals surface area contributed by atoms with E-state index in [1.807, 2.05) is 0 Å². The molecule has 0 amide bonds. The molecule has 0 aromatic rings. The fourth-order valence-corrected chi connectivity index (χ4v) is 0. The molecule has 0 heterocycles. The molecule has 21 heteroatoms. The van der Waals surface area contributed by atoms with Gasteiger partial charge in [-0.15, -0.1) is 0 Å². The van der Waals surface area contributed by atoms with Crippen molar-refractivity contribution >= 4 is 125 Å². The van der Waals surface area contributed by atoms with Gasteiger partial charge in [0.05, 0.1) is 0 Å². The molecule has 12 nitrogen and oxygen atoms in total. The molecule has 0 atom stereocenters. The van der Waals surface area contributed by atoms with Gasteiger partial charge in [0, 0.05) is 0 Å². The first-order chi connectivity index (χ1) is 8.00. The van der Waals surface area contributed by atoms with E-state index in [0.29, 0.717) is 0 Å². The first kappa shape index (κ1) is 35.8. The summed E-state index contributed by atoms with van der Waals surface area (Å²) in [5, 5.41) is 0. The molecule has 0 rings (SSSR count). The van der Waals surface area contributed by atoms with Gasteiger partial charge in [-0.2, -0.15) is 0 Å². The monoisotopic (exact) mass is 496 g/mol. The van der Waals surface area contributed by atoms with Gasteiger partial charge in [0.15, 0.2) is 0 Å². The first-order valence-corrected chi connectivity index (χ1v) is 13.8. The average Bonchev–Trinajstić information content (AvgIpc) is 1.62. The summed E-state index contributed by atoms with van der Waals surface area (Å²) in [5.74, 6) is 0. The Morgan fingerprint density at radius 2 is 0.333 bits per heavy atom. The maximum absolute atomic E-state index is 7.56. The van der Waals surface area contributed by atoms with Crippen LogP contribution in [0.4, 0.5) is 0 Å². The van der Waals surface area contributed by atoms with Gasteiger partial charge >= 0.3 is 78.3 Å². The number of rotatable bonds is 0. The summed E-state index contributed by atoms with van der Waals surface area (Å²) in [6.45, 7) is -15.2. The molecule has 0 unspecified atom stereocenters. The Hall–Kier alpha value is 3.76. The van der Waals surface area contributed by atoms with E-state index in [-0.39, 0.29) is 51.4 Å². The fourth-order valence-electron chi connectivity index (χ4n) is 0. The van der Waals surface area contributed by atoms with Crippen molar-refractivity contribution in [2.45, 2.75) is 0 Å². The van der Waals surface area contributed by atoms with Gasteiger partial charge in [-0.1, -0.05) is 0 Å². The van der Waals surface area contributed by atoms with E-state index >= 15 is 0 Å². The van der Waals surface area contributed by atoms with E-state index < -0.39 is 26.9 Å². The molecule has 21 heavy (non-hydrogen) atoms. The third-order valence-corrected chi connectivity index (χ3v) is 0. The zero-order valence-corrected chi connectivity index (χ0v) is 15.6. The van der Waals surface area contributed by atoms with Crippen molar-refractivity contribution in [2.24, 2.45) is 0 Å². The molecule has 0 aromatic carbocycles. The van der Waals surface area contributed by atoms with Gasteiger partial charge in [-0.25, -0.2) is 0 Å². The van der Waals surface area contributed by atoms with Crippen molar-refractivity contribution in [1.29, 1.82) is 0 Å². The van der Waals surface area contributed by atoms with E-state index in [4.69, 9.17) is 58.7 Å². The Morgan fingerprint density at radius 3 is 0.333 bits per heavy atom. The van der Waals surface area contributed by atoms with Gasteiger partial charge in [-0.05, 0) is 47.2 Å². The zero-order chi connectivity index (χ0) is 18.0. The van der Waals surface area contributed by atoms with Crippen molar-refractivity contribution in [3.8, 4) is 0 Å². The van der Waals surface area contributed by atoms with Crippen molar-refractivity contribution in [3.63, 3.8) is 0 Å². The van der Waals surface area contributed by atoms with E-state index in [1.165, 1.54) is 0 Å². The SMILES string of the molecule is OP(O)(O)=S.OP(O)(O)=S.OP(O)(O)=S.OP(O)(O)=S.[KH]. The Kier molecular flexibility index (Phi) is 27.2. The van der Waals surface area contributed by atoms with Crippen LogP contribution in [0, 0.1) is 0 Å². The summed E-state index contributed by atoms with van der Waals surface area (Å²) in [6.07, 6.45) is 0. The van der Waals surface area contributed by atoms with E-state index in [1.54, 1.807) is 0 Å². The van der Waals surface area contributed by atoms with Crippen LogP contribution in [-0.4, -0.2) is 110 Å². The van der Waals surface area contributed by atoms with Crippen LogP contribution in [0.2, 0.25) is 0 Å². The molecule has 0 aliphatic heterocycles. The maximum atomic E-state index is 7.56. The molecule has 0 radical (unpaired) electrons. The molecule has 0 aliphatic carbocycles. The van der Waals surface area contributed by atoms with Crippen LogP contribution in [0.25, 0.3) is 0 Å².